The molecule has 0 aliphatic heterocycles. The molecule has 0 saturated carbocycles. The van der Waals surface area contributed by atoms with E-state index in [1.54, 1.807) is 12.4 Å². The van der Waals surface area contributed by atoms with Crippen molar-refractivity contribution >= 4 is 33.1 Å². The lowest BCUT2D eigenvalue weighted by Gasteiger charge is -2.09. The van der Waals surface area contributed by atoms with Crippen molar-refractivity contribution in [2.75, 3.05) is 0 Å². The fraction of sp³-hybridized carbons (Fsp3) is 0. The lowest BCUT2D eigenvalue weighted by atomic mass is 10.1. The van der Waals surface area contributed by atoms with E-state index >= 15 is 0 Å². The van der Waals surface area contributed by atoms with Crippen LogP contribution in [-0.2, 0) is 0 Å². The Bertz CT molecular complexity index is 2180. The molecule has 0 spiro atoms. The van der Waals surface area contributed by atoms with E-state index in [4.69, 9.17) is 4.74 Å². The highest BCUT2D eigenvalue weighted by Crippen LogP contribution is 2.35. The van der Waals surface area contributed by atoms with Crippen molar-refractivity contribution in [3.63, 3.8) is 0 Å². The zero-order valence-electron chi connectivity index (χ0n) is 21.9. The predicted molar refractivity (Wildman–Crippen MR) is 159 cm³/mol. The summed E-state index contributed by atoms with van der Waals surface area (Å²) in [6.07, 6.45) is 7.26. The van der Waals surface area contributed by atoms with Gasteiger partial charge in [0.15, 0.2) is 0 Å². The molecule has 8 rings (SSSR count). The number of para-hydroxylation sites is 2. The van der Waals surface area contributed by atoms with Crippen molar-refractivity contribution in [1.29, 1.82) is 0 Å². The third kappa shape index (κ3) is 3.91. The summed E-state index contributed by atoms with van der Waals surface area (Å²) in [5, 5.41) is 2.32. The summed E-state index contributed by atoms with van der Waals surface area (Å²) in [6, 6.07) is 38.7. The number of ether oxygens (including phenoxy) is 1. The van der Waals surface area contributed by atoms with E-state index in [1.807, 2.05) is 88.4 Å². The molecule has 0 unspecified atom stereocenters. The summed E-state index contributed by atoms with van der Waals surface area (Å²) in [5.74, 6) is 2.33. The summed E-state index contributed by atoms with van der Waals surface area (Å²) in [5.41, 5.74) is 5.61. The molecular formula is C34H23N6O+. The maximum atomic E-state index is 6.45. The van der Waals surface area contributed by atoms with E-state index in [0.29, 0.717) is 0 Å². The zero-order chi connectivity index (χ0) is 27.2. The number of hydrogen-bond donors (Lipinski definition) is 0. The first-order valence-electron chi connectivity index (χ1n) is 13.4. The molecule has 4 aromatic heterocycles. The fourth-order valence-electron chi connectivity index (χ4n) is 5.43. The molecule has 8 aromatic rings. The lowest BCUT2D eigenvalue weighted by molar-refractivity contribution is -0.570. The smallest absolute Gasteiger partial charge is 0.327 e. The van der Waals surface area contributed by atoms with Gasteiger partial charge in [-0.3, -0.25) is 4.57 Å². The number of imidazole rings is 1. The van der Waals surface area contributed by atoms with E-state index in [0.717, 1.165) is 56.4 Å². The molecule has 0 N–H and O–H groups in total. The largest absolute Gasteiger partial charge is 0.457 e. The minimum atomic E-state index is 0.722. The highest BCUT2D eigenvalue weighted by Gasteiger charge is 2.21. The minimum Gasteiger partial charge on any atom is -0.457 e. The number of fused-ring (bicyclic) bond motifs is 4. The van der Waals surface area contributed by atoms with Gasteiger partial charge in [0, 0.05) is 29.1 Å². The van der Waals surface area contributed by atoms with Gasteiger partial charge in [0.1, 0.15) is 34.9 Å². The van der Waals surface area contributed by atoms with Gasteiger partial charge in [-0.25, -0.2) is 14.5 Å². The van der Waals surface area contributed by atoms with Crippen molar-refractivity contribution in [1.82, 2.24) is 24.1 Å². The molecule has 41 heavy (non-hydrogen) atoms. The number of nitrogens with zero attached hydrogens (tertiary/aromatic N) is 6. The van der Waals surface area contributed by atoms with Gasteiger partial charge in [-0.05, 0) is 54.6 Å². The van der Waals surface area contributed by atoms with Crippen LogP contribution in [0.2, 0.25) is 0 Å². The van der Waals surface area contributed by atoms with Crippen LogP contribution >= 0.6 is 0 Å². The van der Waals surface area contributed by atoms with Gasteiger partial charge in [-0.15, -0.1) is 4.98 Å². The van der Waals surface area contributed by atoms with Gasteiger partial charge >= 0.3 is 5.65 Å². The number of rotatable bonds is 5. The van der Waals surface area contributed by atoms with Crippen LogP contribution in [-0.4, -0.2) is 24.1 Å². The fourth-order valence-corrected chi connectivity index (χ4v) is 5.43. The van der Waals surface area contributed by atoms with Crippen LogP contribution in [0.25, 0.3) is 50.3 Å². The van der Waals surface area contributed by atoms with Crippen molar-refractivity contribution < 1.29 is 9.30 Å². The van der Waals surface area contributed by atoms with Gasteiger partial charge in [0.2, 0.25) is 6.33 Å². The Balaban J connectivity index is 1.21. The van der Waals surface area contributed by atoms with Crippen LogP contribution in [0.4, 0.5) is 0 Å². The standard InChI is InChI=1S/C34H23N6O/c1-2-9-24(10-3-1)38-23-39(34-33(38)36-19-20-37-34)25-11-8-12-26(21-25)41-27-16-17-29-28-13-4-5-14-30(28)40(31(29)22-27)32-15-6-7-18-35-32/h1-23H/q+1. The van der Waals surface area contributed by atoms with Crippen LogP contribution < -0.4 is 9.30 Å². The average molecular weight is 532 g/mol. The topological polar surface area (TPSA) is 61.6 Å². The Morgan fingerprint density at radius 3 is 2.29 bits per heavy atom. The highest BCUT2D eigenvalue weighted by atomic mass is 16.5. The van der Waals surface area contributed by atoms with Crippen molar-refractivity contribution in [3.8, 4) is 28.7 Å². The third-order valence-electron chi connectivity index (χ3n) is 7.24. The van der Waals surface area contributed by atoms with Gasteiger partial charge in [0.05, 0.1) is 17.2 Å². The quantitative estimate of drug-likeness (QED) is 0.225. The molecule has 7 nitrogen and oxygen atoms in total. The van der Waals surface area contributed by atoms with Crippen molar-refractivity contribution in [2.24, 2.45) is 0 Å². The predicted octanol–water partition coefficient (Wildman–Crippen LogP) is 6.98. The summed E-state index contributed by atoms with van der Waals surface area (Å²) < 4.78 is 12.7. The second-order valence-electron chi connectivity index (χ2n) is 9.71. The van der Waals surface area contributed by atoms with Gasteiger partial charge in [0.25, 0.3) is 5.65 Å². The van der Waals surface area contributed by atoms with Crippen LogP contribution in [0.1, 0.15) is 0 Å². The maximum Gasteiger partial charge on any atom is 0.327 e. The molecule has 4 heterocycles. The molecular weight excluding hydrogens is 508 g/mol. The normalized spacial score (nSPS) is 11.4. The van der Waals surface area contributed by atoms with Gasteiger partial charge in [-0.1, -0.05) is 48.5 Å². The molecule has 0 saturated heterocycles. The minimum absolute atomic E-state index is 0.722. The summed E-state index contributed by atoms with van der Waals surface area (Å²) in [7, 11) is 0. The first-order valence-corrected chi connectivity index (χ1v) is 13.4. The first kappa shape index (κ1) is 23.1. The van der Waals surface area contributed by atoms with Crippen LogP contribution in [0.5, 0.6) is 11.5 Å². The molecule has 0 fully saturated rings. The summed E-state index contributed by atoms with van der Waals surface area (Å²) >= 11 is 0. The van der Waals surface area contributed by atoms with E-state index in [1.165, 1.54) is 5.39 Å². The molecule has 194 valence electrons. The van der Waals surface area contributed by atoms with E-state index < -0.39 is 0 Å². The lowest BCUT2D eigenvalue weighted by Crippen LogP contribution is -2.29. The molecule has 0 radical (unpaired) electrons. The third-order valence-corrected chi connectivity index (χ3v) is 7.24. The summed E-state index contributed by atoms with van der Waals surface area (Å²) in [4.78, 5) is 13.9. The van der Waals surface area contributed by atoms with Crippen molar-refractivity contribution in [2.45, 2.75) is 0 Å². The number of benzene rings is 4. The Labute approximate surface area is 235 Å². The number of pyridine rings is 1. The van der Waals surface area contributed by atoms with E-state index in [9.17, 15) is 0 Å². The monoisotopic (exact) mass is 531 g/mol. The number of aromatic nitrogens is 6. The SMILES string of the molecule is c1ccc(-[n+]2cn(-c3cccc(Oc4ccc5c6ccccc6n(-c6ccccn6)c5c4)c3)c3nccnc32)cc1. The number of hydrogen-bond acceptors (Lipinski definition) is 4. The van der Waals surface area contributed by atoms with Crippen molar-refractivity contribution in [3.05, 3.63) is 140 Å². The second-order valence-corrected chi connectivity index (χ2v) is 9.71. The Morgan fingerprint density at radius 1 is 0.585 bits per heavy atom. The van der Waals surface area contributed by atoms with Crippen LogP contribution in [0.3, 0.4) is 0 Å². The molecule has 7 heteroatoms. The summed E-state index contributed by atoms with van der Waals surface area (Å²) in [6.45, 7) is 0. The molecule has 0 atom stereocenters. The Kier molecular flexibility index (Phi) is 5.31. The molecule has 4 aromatic carbocycles. The molecule has 0 bridgehead atoms. The van der Waals surface area contributed by atoms with E-state index in [-0.39, 0.29) is 0 Å². The van der Waals surface area contributed by atoms with E-state index in [2.05, 4.69) is 68.0 Å². The molecule has 0 aliphatic carbocycles. The van der Waals surface area contributed by atoms with Gasteiger partial charge in [-0.2, -0.15) is 4.57 Å². The zero-order valence-corrected chi connectivity index (χ0v) is 21.9. The second kappa shape index (κ2) is 9.43. The van der Waals surface area contributed by atoms with Crippen LogP contribution in [0, 0.1) is 0 Å². The average Bonchev–Trinajstić information content (AvgIpc) is 3.58. The Morgan fingerprint density at radius 2 is 1.39 bits per heavy atom. The van der Waals surface area contributed by atoms with Gasteiger partial charge < -0.3 is 4.74 Å². The highest BCUT2D eigenvalue weighted by molar-refractivity contribution is 6.09. The Hall–Kier alpha value is -5.82. The molecule has 0 aliphatic rings. The molecule has 0 amide bonds. The van der Waals surface area contributed by atoms with Crippen LogP contribution in [0.15, 0.2) is 140 Å². The maximum absolute atomic E-state index is 6.45. The first-order chi connectivity index (χ1) is 20.3.